The average Bonchev–Trinajstić information content (AvgIpc) is 2.13. The molecule has 0 heterocycles. The van der Waals surface area contributed by atoms with Crippen molar-refractivity contribution in [1.29, 1.82) is 0 Å². The molecule has 0 bridgehead atoms. The Labute approximate surface area is 84.2 Å². The Bertz CT molecular complexity index is 214. The second-order valence-electron chi connectivity index (χ2n) is 2.70. The Kier molecular flexibility index (Phi) is 7.45. The number of nitrogens with zero attached hydrogens (tertiary/aromatic N) is 1. The van der Waals surface area contributed by atoms with Gasteiger partial charge >= 0.3 is 0 Å². The number of methoxy groups -OCH3 is 1. The summed E-state index contributed by atoms with van der Waals surface area (Å²) in [4.78, 5) is 14.8. The van der Waals surface area contributed by atoms with E-state index in [4.69, 9.17) is 0 Å². The van der Waals surface area contributed by atoms with E-state index in [1.54, 1.807) is 19.6 Å². The van der Waals surface area contributed by atoms with Gasteiger partial charge in [0.1, 0.15) is 6.61 Å². The van der Waals surface area contributed by atoms with Crippen LogP contribution in [0.25, 0.3) is 0 Å². The van der Waals surface area contributed by atoms with Gasteiger partial charge in [-0.05, 0) is 19.2 Å². The summed E-state index contributed by atoms with van der Waals surface area (Å²) in [6.45, 7) is 1.96. The van der Waals surface area contributed by atoms with Gasteiger partial charge in [-0.2, -0.15) is 0 Å². The van der Waals surface area contributed by atoms with Crippen LogP contribution in [0.15, 0.2) is 17.3 Å². The summed E-state index contributed by atoms with van der Waals surface area (Å²) in [5.74, 6) is -0.131. The summed E-state index contributed by atoms with van der Waals surface area (Å²) in [6, 6.07) is -0.0320. The molecule has 0 unspecified atom stereocenters. The molecule has 14 heavy (non-hydrogen) atoms. The van der Waals surface area contributed by atoms with E-state index >= 15 is 0 Å². The molecule has 0 aliphatic carbocycles. The molecule has 0 aromatic rings. The average molecular weight is 199 g/mol. The van der Waals surface area contributed by atoms with Crippen molar-refractivity contribution in [2.45, 2.75) is 13.0 Å². The van der Waals surface area contributed by atoms with Crippen LogP contribution >= 0.6 is 0 Å². The molecule has 0 radical (unpaired) electrons. The summed E-state index contributed by atoms with van der Waals surface area (Å²) in [6.07, 6.45) is 5.08. The fraction of sp³-hybridized carbons (Fsp3) is 0.556. The van der Waals surface area contributed by atoms with Crippen LogP contribution < -0.4 is 10.6 Å². The first kappa shape index (κ1) is 12.6. The van der Waals surface area contributed by atoms with Crippen molar-refractivity contribution in [2.75, 3.05) is 20.8 Å². The minimum Gasteiger partial charge on any atom is -0.375 e. The summed E-state index contributed by atoms with van der Waals surface area (Å²) < 4.78 is 4.67. The van der Waals surface area contributed by atoms with E-state index in [9.17, 15) is 4.79 Å². The normalized spacial score (nSPS) is 13.4. The van der Waals surface area contributed by atoms with Gasteiger partial charge in [-0.3, -0.25) is 9.79 Å². The number of amides is 1. The number of nitrogens with one attached hydrogen (secondary N) is 2. The summed E-state index contributed by atoms with van der Waals surface area (Å²) in [7, 11) is 3.16. The molecule has 2 N–H and O–H groups in total. The van der Waals surface area contributed by atoms with Crippen LogP contribution in [-0.4, -0.2) is 39.1 Å². The number of hydrogen-bond acceptors (Lipinski definition) is 3. The van der Waals surface area contributed by atoms with Crippen molar-refractivity contribution in [1.82, 2.24) is 10.6 Å². The molecule has 0 saturated carbocycles. The van der Waals surface area contributed by atoms with Gasteiger partial charge < -0.3 is 15.4 Å². The van der Waals surface area contributed by atoms with Crippen molar-refractivity contribution in [2.24, 2.45) is 4.99 Å². The topological polar surface area (TPSA) is 62.7 Å². The van der Waals surface area contributed by atoms with Crippen LogP contribution in [0.3, 0.4) is 0 Å². The molecular weight excluding hydrogens is 182 g/mol. The van der Waals surface area contributed by atoms with E-state index in [1.807, 2.05) is 13.0 Å². The van der Waals surface area contributed by atoms with Crippen LogP contribution in [0.1, 0.15) is 6.92 Å². The van der Waals surface area contributed by atoms with Gasteiger partial charge in [-0.25, -0.2) is 0 Å². The zero-order valence-electron chi connectivity index (χ0n) is 8.78. The molecule has 5 nitrogen and oxygen atoms in total. The Balaban J connectivity index is 3.68. The van der Waals surface area contributed by atoms with Crippen LogP contribution in [0.4, 0.5) is 0 Å². The van der Waals surface area contributed by atoms with Gasteiger partial charge in [0.15, 0.2) is 0 Å². The van der Waals surface area contributed by atoms with Gasteiger partial charge in [-0.1, -0.05) is 0 Å². The Morgan fingerprint density at radius 2 is 2.36 bits per heavy atom. The molecule has 0 aliphatic heterocycles. The monoisotopic (exact) mass is 199 g/mol. The Morgan fingerprint density at radius 3 is 2.93 bits per heavy atom. The van der Waals surface area contributed by atoms with Crippen molar-refractivity contribution in [3.63, 3.8) is 0 Å². The third kappa shape index (κ3) is 7.30. The Morgan fingerprint density at radius 1 is 1.64 bits per heavy atom. The molecule has 0 rings (SSSR count). The quantitative estimate of drug-likeness (QED) is 0.464. The van der Waals surface area contributed by atoms with Crippen LogP contribution in [0.2, 0.25) is 0 Å². The second kappa shape index (κ2) is 8.25. The van der Waals surface area contributed by atoms with Gasteiger partial charge in [0.05, 0.1) is 6.34 Å². The van der Waals surface area contributed by atoms with Crippen molar-refractivity contribution >= 4 is 12.2 Å². The maximum absolute atomic E-state index is 11.0. The number of carbonyl (C=O) groups is 1. The number of hydrogen-bond donors (Lipinski definition) is 2. The van der Waals surface area contributed by atoms with Gasteiger partial charge in [-0.15, -0.1) is 0 Å². The number of carbonyl (C=O) groups excluding carboxylic acids is 1. The predicted molar refractivity (Wildman–Crippen MR) is 56.2 cm³/mol. The van der Waals surface area contributed by atoms with E-state index in [0.717, 1.165) is 0 Å². The van der Waals surface area contributed by atoms with E-state index in [1.165, 1.54) is 7.11 Å². The van der Waals surface area contributed by atoms with E-state index in [0.29, 0.717) is 0 Å². The van der Waals surface area contributed by atoms with Gasteiger partial charge in [0.2, 0.25) is 5.91 Å². The molecule has 0 aromatic heterocycles. The summed E-state index contributed by atoms with van der Waals surface area (Å²) in [5, 5.41) is 5.54. The maximum Gasteiger partial charge on any atom is 0.246 e. The highest BCUT2D eigenvalue weighted by Gasteiger charge is 2.02. The highest BCUT2D eigenvalue weighted by atomic mass is 16.5. The molecule has 1 atom stereocenters. The molecule has 5 heteroatoms. The molecule has 0 fully saturated rings. The first-order chi connectivity index (χ1) is 6.70. The zero-order chi connectivity index (χ0) is 10.8. The highest BCUT2D eigenvalue weighted by Crippen LogP contribution is 1.83. The molecule has 0 aromatic carbocycles. The first-order valence-electron chi connectivity index (χ1n) is 4.32. The lowest BCUT2D eigenvalue weighted by Gasteiger charge is -2.08. The number of ether oxygens (including phenoxy) is 1. The van der Waals surface area contributed by atoms with Crippen LogP contribution in [0.5, 0.6) is 0 Å². The van der Waals surface area contributed by atoms with E-state index < -0.39 is 0 Å². The van der Waals surface area contributed by atoms with Crippen LogP contribution in [0, 0.1) is 0 Å². The fourth-order valence-electron chi connectivity index (χ4n) is 0.792. The van der Waals surface area contributed by atoms with Crippen LogP contribution in [-0.2, 0) is 9.53 Å². The van der Waals surface area contributed by atoms with Crippen molar-refractivity contribution < 1.29 is 9.53 Å². The third-order valence-corrected chi connectivity index (χ3v) is 1.35. The zero-order valence-corrected chi connectivity index (χ0v) is 8.78. The predicted octanol–water partition coefficient (Wildman–Crippen LogP) is -0.101. The van der Waals surface area contributed by atoms with Crippen molar-refractivity contribution in [3.8, 4) is 0 Å². The van der Waals surface area contributed by atoms with E-state index in [-0.39, 0.29) is 18.6 Å². The largest absolute Gasteiger partial charge is 0.375 e. The Hall–Kier alpha value is -1.36. The van der Waals surface area contributed by atoms with Gasteiger partial charge in [0.25, 0.3) is 0 Å². The lowest BCUT2D eigenvalue weighted by atomic mass is 10.3. The molecule has 80 valence electrons. The van der Waals surface area contributed by atoms with E-state index in [2.05, 4.69) is 20.4 Å². The molecule has 0 spiro atoms. The first-order valence-corrected chi connectivity index (χ1v) is 4.32. The SMILES string of the molecule is CN=CN/C=C/[C@@H](C)NC(=O)COC. The lowest BCUT2D eigenvalue weighted by Crippen LogP contribution is -2.33. The standard InChI is InChI=1S/C9H17N3O2/c1-8(4-5-11-7-10-2)12-9(13)6-14-3/h4-5,7-8H,6H2,1-3H3,(H,10,11)(H,12,13)/b5-4+/t8-/m1/s1. The molecular formula is C9H17N3O2. The van der Waals surface area contributed by atoms with Crippen molar-refractivity contribution in [3.05, 3.63) is 12.3 Å². The summed E-state index contributed by atoms with van der Waals surface area (Å²) in [5.41, 5.74) is 0. The minimum atomic E-state index is -0.131. The smallest absolute Gasteiger partial charge is 0.246 e. The second-order valence-corrected chi connectivity index (χ2v) is 2.70. The van der Waals surface area contributed by atoms with Gasteiger partial charge in [0, 0.05) is 20.2 Å². The summed E-state index contributed by atoms with van der Waals surface area (Å²) >= 11 is 0. The fourth-order valence-corrected chi connectivity index (χ4v) is 0.792. The molecule has 0 aliphatic rings. The number of rotatable bonds is 6. The minimum absolute atomic E-state index is 0.0320. The molecule has 1 amide bonds. The molecule has 0 saturated heterocycles. The maximum atomic E-state index is 11.0. The third-order valence-electron chi connectivity index (χ3n) is 1.35. The highest BCUT2D eigenvalue weighted by molar-refractivity contribution is 5.77. The lowest BCUT2D eigenvalue weighted by molar-refractivity contribution is -0.125. The number of aliphatic imine (C=N–C) groups is 1.